The van der Waals surface area contributed by atoms with E-state index in [2.05, 4.69) is 115 Å². The van der Waals surface area contributed by atoms with E-state index in [1.165, 1.54) is 59.8 Å². The molecule has 162 valence electrons. The third-order valence-electron chi connectivity index (χ3n) is 7.37. The molecule has 0 radical (unpaired) electrons. The minimum atomic E-state index is 0.918. The molecule has 0 amide bonds. The van der Waals surface area contributed by atoms with Crippen molar-refractivity contribution in [1.82, 2.24) is 0 Å². The Kier molecular flexibility index (Phi) is 3.72. The quantitative estimate of drug-likeness (QED) is 0.181. The van der Waals surface area contributed by atoms with E-state index in [1.807, 2.05) is 6.07 Å². The van der Waals surface area contributed by atoms with Crippen molar-refractivity contribution in [1.29, 1.82) is 0 Å². The number of hydrogen-bond acceptors (Lipinski definition) is 1. The first-order valence-corrected chi connectivity index (χ1v) is 12.0. The normalized spacial score (nSPS) is 12.2. The zero-order valence-corrected chi connectivity index (χ0v) is 19.0. The number of hydrogen-bond donors (Lipinski definition) is 0. The van der Waals surface area contributed by atoms with Crippen molar-refractivity contribution in [2.45, 2.75) is 0 Å². The van der Waals surface area contributed by atoms with Crippen molar-refractivity contribution in [2.24, 2.45) is 0 Å². The summed E-state index contributed by atoms with van der Waals surface area (Å²) in [5.41, 5.74) is 4.76. The predicted octanol–water partition coefficient (Wildman–Crippen LogP) is 9.74. The van der Waals surface area contributed by atoms with E-state index in [-0.39, 0.29) is 0 Å². The van der Waals surface area contributed by atoms with E-state index >= 15 is 0 Å². The Balaban J connectivity index is 1.33. The summed E-state index contributed by atoms with van der Waals surface area (Å²) in [6.45, 7) is 0. The van der Waals surface area contributed by atoms with Crippen LogP contribution < -0.4 is 4.74 Å². The Bertz CT molecular complexity index is 1980. The van der Waals surface area contributed by atoms with Crippen molar-refractivity contribution in [3.05, 3.63) is 121 Å². The second-order valence-electron chi connectivity index (χ2n) is 9.40. The fraction of sp³-hybridized carbons (Fsp3) is 0. The SMILES string of the molecule is c1ccc2c(c1)Oc1cc(-c3ccc4c(ccc5cc6ccccc6cc54)c3)cc3cccc-2c13. The van der Waals surface area contributed by atoms with Gasteiger partial charge in [-0.25, -0.2) is 0 Å². The van der Waals surface area contributed by atoms with Gasteiger partial charge in [0.05, 0.1) is 0 Å². The minimum absolute atomic E-state index is 0.918. The summed E-state index contributed by atoms with van der Waals surface area (Å²) < 4.78 is 6.40. The highest BCUT2D eigenvalue weighted by Crippen LogP contribution is 2.47. The van der Waals surface area contributed by atoms with E-state index in [1.54, 1.807) is 0 Å². The van der Waals surface area contributed by atoms with E-state index in [0.717, 1.165) is 17.1 Å². The summed E-state index contributed by atoms with van der Waals surface area (Å²) in [7, 11) is 0. The molecule has 0 N–H and O–H groups in total. The first-order chi connectivity index (χ1) is 17.3. The molecule has 35 heavy (non-hydrogen) atoms. The standard InChI is InChI=1S/C34H20O/c1-2-7-22-19-31-25(16-21(22)6-1)13-12-24-17-23(14-15-28(24)31)27-18-26-8-5-10-30-29-9-3-4-11-32(29)35-33(20-27)34(26)30/h1-20H. The molecule has 0 spiro atoms. The monoisotopic (exact) mass is 444 g/mol. The highest BCUT2D eigenvalue weighted by atomic mass is 16.5. The fourth-order valence-electron chi connectivity index (χ4n) is 5.69. The maximum atomic E-state index is 6.40. The molecule has 0 unspecified atom stereocenters. The minimum Gasteiger partial charge on any atom is -0.456 e. The Morgan fingerprint density at radius 3 is 2.00 bits per heavy atom. The maximum absolute atomic E-state index is 6.40. The molecule has 7 aromatic rings. The van der Waals surface area contributed by atoms with Crippen LogP contribution in [-0.2, 0) is 0 Å². The molecule has 1 heterocycles. The zero-order chi connectivity index (χ0) is 22.9. The average Bonchev–Trinajstić information content (AvgIpc) is 2.91. The lowest BCUT2D eigenvalue weighted by Crippen LogP contribution is -1.97. The van der Waals surface area contributed by atoms with E-state index < -0.39 is 0 Å². The van der Waals surface area contributed by atoms with Gasteiger partial charge in [-0.15, -0.1) is 0 Å². The number of rotatable bonds is 1. The van der Waals surface area contributed by atoms with Crippen molar-refractivity contribution < 1.29 is 4.74 Å². The number of benzene rings is 7. The van der Waals surface area contributed by atoms with Gasteiger partial charge in [-0.05, 0) is 90.8 Å². The Morgan fingerprint density at radius 2 is 1.09 bits per heavy atom. The molecule has 8 rings (SSSR count). The molecule has 1 heteroatoms. The Labute approximate surface area is 202 Å². The van der Waals surface area contributed by atoms with Crippen LogP contribution in [0.5, 0.6) is 11.5 Å². The molecular formula is C34H20O. The number of para-hydroxylation sites is 1. The van der Waals surface area contributed by atoms with Crippen molar-refractivity contribution in [2.75, 3.05) is 0 Å². The lowest BCUT2D eigenvalue weighted by atomic mass is 9.91. The summed E-state index contributed by atoms with van der Waals surface area (Å²) in [5.74, 6) is 1.85. The zero-order valence-electron chi connectivity index (χ0n) is 19.0. The van der Waals surface area contributed by atoms with E-state index in [0.29, 0.717) is 0 Å². The molecule has 0 aromatic heterocycles. The lowest BCUT2D eigenvalue weighted by molar-refractivity contribution is 0.487. The van der Waals surface area contributed by atoms with Crippen LogP contribution in [0, 0.1) is 0 Å². The maximum Gasteiger partial charge on any atom is 0.136 e. The van der Waals surface area contributed by atoms with Crippen LogP contribution in [0.2, 0.25) is 0 Å². The van der Waals surface area contributed by atoms with Gasteiger partial charge in [0, 0.05) is 10.9 Å². The number of fused-ring (bicyclic) bond motifs is 6. The molecule has 7 aromatic carbocycles. The molecular weight excluding hydrogens is 424 g/mol. The van der Waals surface area contributed by atoms with Gasteiger partial charge in [-0.2, -0.15) is 0 Å². The molecule has 0 atom stereocenters. The molecule has 1 aliphatic heterocycles. The van der Waals surface area contributed by atoms with Gasteiger partial charge in [-0.1, -0.05) is 84.9 Å². The van der Waals surface area contributed by atoms with Gasteiger partial charge in [0.1, 0.15) is 11.5 Å². The van der Waals surface area contributed by atoms with Gasteiger partial charge in [-0.3, -0.25) is 0 Å². The smallest absolute Gasteiger partial charge is 0.136 e. The molecule has 0 aliphatic carbocycles. The van der Waals surface area contributed by atoms with Crippen molar-refractivity contribution >= 4 is 43.1 Å². The summed E-state index contributed by atoms with van der Waals surface area (Å²) >= 11 is 0. The molecule has 0 fully saturated rings. The number of ether oxygens (including phenoxy) is 1. The molecule has 0 saturated heterocycles. The van der Waals surface area contributed by atoms with Gasteiger partial charge in [0.15, 0.2) is 0 Å². The largest absolute Gasteiger partial charge is 0.456 e. The van der Waals surface area contributed by atoms with Gasteiger partial charge in [0.2, 0.25) is 0 Å². The van der Waals surface area contributed by atoms with Crippen LogP contribution in [0.1, 0.15) is 0 Å². The summed E-state index contributed by atoms with van der Waals surface area (Å²) in [6.07, 6.45) is 0. The van der Waals surface area contributed by atoms with Gasteiger partial charge in [0.25, 0.3) is 0 Å². The van der Waals surface area contributed by atoms with Crippen LogP contribution >= 0.6 is 0 Å². The third kappa shape index (κ3) is 2.76. The second-order valence-corrected chi connectivity index (χ2v) is 9.40. The summed E-state index contributed by atoms with van der Waals surface area (Å²) in [6, 6.07) is 43.8. The molecule has 0 bridgehead atoms. The third-order valence-corrected chi connectivity index (χ3v) is 7.37. The molecule has 1 nitrogen and oxygen atoms in total. The first kappa shape index (κ1) is 18.8. The van der Waals surface area contributed by atoms with Gasteiger partial charge >= 0.3 is 0 Å². The topological polar surface area (TPSA) is 9.23 Å². The highest BCUT2D eigenvalue weighted by Gasteiger charge is 2.20. The summed E-state index contributed by atoms with van der Waals surface area (Å²) in [5, 5.41) is 10.1. The van der Waals surface area contributed by atoms with Crippen molar-refractivity contribution in [3.8, 4) is 33.8 Å². The summed E-state index contributed by atoms with van der Waals surface area (Å²) in [4.78, 5) is 0. The van der Waals surface area contributed by atoms with Crippen LogP contribution in [-0.4, -0.2) is 0 Å². The predicted molar refractivity (Wildman–Crippen MR) is 147 cm³/mol. The highest BCUT2D eigenvalue weighted by molar-refractivity contribution is 6.13. The van der Waals surface area contributed by atoms with Crippen LogP contribution in [0.3, 0.4) is 0 Å². The van der Waals surface area contributed by atoms with Gasteiger partial charge < -0.3 is 4.74 Å². The Morgan fingerprint density at radius 1 is 0.371 bits per heavy atom. The molecule has 1 aliphatic rings. The second kappa shape index (κ2) is 6.94. The van der Waals surface area contributed by atoms with E-state index in [4.69, 9.17) is 4.74 Å². The lowest BCUT2D eigenvalue weighted by Gasteiger charge is -2.22. The average molecular weight is 445 g/mol. The Hall–Kier alpha value is -4.62. The van der Waals surface area contributed by atoms with Crippen LogP contribution in [0.25, 0.3) is 65.3 Å². The first-order valence-electron chi connectivity index (χ1n) is 12.0. The fourth-order valence-corrected chi connectivity index (χ4v) is 5.69. The van der Waals surface area contributed by atoms with Crippen molar-refractivity contribution in [3.63, 3.8) is 0 Å². The van der Waals surface area contributed by atoms with Crippen LogP contribution in [0.15, 0.2) is 121 Å². The van der Waals surface area contributed by atoms with Crippen LogP contribution in [0.4, 0.5) is 0 Å². The molecule has 0 saturated carbocycles. The van der Waals surface area contributed by atoms with E-state index in [9.17, 15) is 0 Å².